The fourth-order valence-corrected chi connectivity index (χ4v) is 2.90. The first-order chi connectivity index (χ1) is 13.0. The van der Waals surface area contributed by atoms with Crippen LogP contribution in [0.4, 0.5) is 0 Å². The molecule has 0 aromatic heterocycles. The Labute approximate surface area is 169 Å². The zero-order chi connectivity index (χ0) is 19.5. The summed E-state index contributed by atoms with van der Waals surface area (Å²) in [6, 6.07) is 14.9. The van der Waals surface area contributed by atoms with Crippen LogP contribution in [0.2, 0.25) is 10.0 Å². The maximum Gasteiger partial charge on any atom is 0.305 e. The van der Waals surface area contributed by atoms with Gasteiger partial charge in [0.2, 0.25) is 0 Å². The van der Waals surface area contributed by atoms with E-state index >= 15 is 0 Å². The average molecular weight is 409 g/mol. The summed E-state index contributed by atoms with van der Waals surface area (Å²) in [6.45, 7) is 0.590. The van der Waals surface area contributed by atoms with E-state index in [4.69, 9.17) is 32.7 Å². The molecule has 0 amide bonds. The number of halogens is 2. The van der Waals surface area contributed by atoms with Crippen molar-refractivity contribution in [3.05, 3.63) is 69.7 Å². The Hall–Kier alpha value is -2.04. The highest BCUT2D eigenvalue weighted by Gasteiger charge is 2.08. The SMILES string of the molecule is O=C(CCCC(=O)OCCc1cccc(Cl)c1)OCCc1cccc(Cl)c1. The Morgan fingerprint density at radius 1 is 0.741 bits per heavy atom. The summed E-state index contributed by atoms with van der Waals surface area (Å²) >= 11 is 11.8. The molecule has 0 atom stereocenters. The van der Waals surface area contributed by atoms with Gasteiger partial charge in [0, 0.05) is 35.7 Å². The molecule has 144 valence electrons. The lowest BCUT2D eigenvalue weighted by Crippen LogP contribution is -2.11. The van der Waals surface area contributed by atoms with E-state index in [2.05, 4.69) is 0 Å². The molecule has 0 spiro atoms. The van der Waals surface area contributed by atoms with Crippen molar-refractivity contribution in [2.75, 3.05) is 13.2 Å². The van der Waals surface area contributed by atoms with Gasteiger partial charge in [0.05, 0.1) is 13.2 Å². The summed E-state index contributed by atoms with van der Waals surface area (Å²) in [7, 11) is 0. The number of rotatable bonds is 10. The Kier molecular flexibility index (Phi) is 9.16. The highest BCUT2D eigenvalue weighted by molar-refractivity contribution is 6.30. The fraction of sp³-hybridized carbons (Fsp3) is 0.333. The summed E-state index contributed by atoms with van der Waals surface area (Å²) < 4.78 is 10.3. The van der Waals surface area contributed by atoms with Gasteiger partial charge >= 0.3 is 11.9 Å². The molecule has 2 aromatic rings. The van der Waals surface area contributed by atoms with Crippen LogP contribution < -0.4 is 0 Å². The number of hydrogen-bond acceptors (Lipinski definition) is 4. The first-order valence-corrected chi connectivity index (χ1v) is 9.58. The Balaban J connectivity index is 1.53. The number of carbonyl (C=O) groups is 2. The highest BCUT2D eigenvalue weighted by Crippen LogP contribution is 2.12. The van der Waals surface area contributed by atoms with Crippen molar-refractivity contribution < 1.29 is 19.1 Å². The average Bonchev–Trinajstić information content (AvgIpc) is 2.62. The minimum absolute atomic E-state index is 0.193. The minimum atomic E-state index is -0.316. The van der Waals surface area contributed by atoms with Crippen molar-refractivity contribution in [2.24, 2.45) is 0 Å². The van der Waals surface area contributed by atoms with E-state index in [1.165, 1.54) is 0 Å². The smallest absolute Gasteiger partial charge is 0.305 e. The number of benzene rings is 2. The van der Waals surface area contributed by atoms with Gasteiger partial charge in [0.25, 0.3) is 0 Å². The predicted octanol–water partition coefficient (Wildman–Crippen LogP) is 5.04. The second-order valence-corrected chi connectivity index (χ2v) is 6.93. The molecule has 0 radical (unpaired) electrons. The molecule has 6 heteroatoms. The second kappa shape index (κ2) is 11.6. The number of ether oxygens (including phenoxy) is 2. The monoisotopic (exact) mass is 408 g/mol. The molecule has 2 rings (SSSR count). The summed E-state index contributed by atoms with van der Waals surface area (Å²) in [5, 5.41) is 1.32. The lowest BCUT2D eigenvalue weighted by atomic mass is 10.2. The number of carbonyl (C=O) groups excluding carboxylic acids is 2. The molecular formula is C21H22Cl2O4. The normalized spacial score (nSPS) is 10.4. The molecule has 0 saturated heterocycles. The molecule has 27 heavy (non-hydrogen) atoms. The highest BCUT2D eigenvalue weighted by atomic mass is 35.5. The van der Waals surface area contributed by atoms with Gasteiger partial charge in [-0.1, -0.05) is 47.5 Å². The molecule has 0 aliphatic heterocycles. The molecular weight excluding hydrogens is 387 g/mol. The van der Waals surface area contributed by atoms with Gasteiger partial charge in [0.1, 0.15) is 0 Å². The summed E-state index contributed by atoms with van der Waals surface area (Å²) in [5.41, 5.74) is 2.03. The van der Waals surface area contributed by atoms with E-state index in [0.29, 0.717) is 42.5 Å². The molecule has 2 aromatic carbocycles. The van der Waals surface area contributed by atoms with Crippen molar-refractivity contribution in [3.63, 3.8) is 0 Å². The lowest BCUT2D eigenvalue weighted by Gasteiger charge is -2.06. The molecule has 0 saturated carbocycles. The van der Waals surface area contributed by atoms with Crippen molar-refractivity contribution in [1.82, 2.24) is 0 Å². The van der Waals surface area contributed by atoms with E-state index in [0.717, 1.165) is 11.1 Å². The second-order valence-electron chi connectivity index (χ2n) is 6.05. The zero-order valence-electron chi connectivity index (χ0n) is 15.0. The van der Waals surface area contributed by atoms with Crippen LogP contribution >= 0.6 is 23.2 Å². The Morgan fingerprint density at radius 3 is 1.59 bits per heavy atom. The molecule has 0 fully saturated rings. The maximum absolute atomic E-state index is 11.7. The van der Waals surface area contributed by atoms with Gasteiger partial charge in [-0.3, -0.25) is 9.59 Å². The third kappa shape index (κ3) is 8.94. The van der Waals surface area contributed by atoms with Crippen molar-refractivity contribution in [1.29, 1.82) is 0 Å². The fourth-order valence-electron chi connectivity index (χ4n) is 2.47. The largest absolute Gasteiger partial charge is 0.465 e. The van der Waals surface area contributed by atoms with Gasteiger partial charge in [-0.25, -0.2) is 0 Å². The van der Waals surface area contributed by atoms with Crippen LogP contribution in [0.25, 0.3) is 0 Å². The van der Waals surface area contributed by atoms with E-state index in [1.54, 1.807) is 12.1 Å². The number of hydrogen-bond donors (Lipinski definition) is 0. The molecule has 0 heterocycles. The maximum atomic E-state index is 11.7. The molecule has 0 N–H and O–H groups in total. The van der Waals surface area contributed by atoms with Crippen LogP contribution in [0.1, 0.15) is 30.4 Å². The number of esters is 2. The van der Waals surface area contributed by atoms with Crippen LogP contribution in [0, 0.1) is 0 Å². The minimum Gasteiger partial charge on any atom is -0.465 e. The van der Waals surface area contributed by atoms with Gasteiger partial charge < -0.3 is 9.47 Å². The first kappa shape index (κ1) is 21.3. The van der Waals surface area contributed by atoms with Gasteiger partial charge in [-0.2, -0.15) is 0 Å². The van der Waals surface area contributed by atoms with Crippen LogP contribution in [-0.2, 0) is 31.9 Å². The molecule has 0 bridgehead atoms. The van der Waals surface area contributed by atoms with Crippen LogP contribution in [0.3, 0.4) is 0 Å². The molecule has 0 unspecified atom stereocenters. The predicted molar refractivity (Wildman–Crippen MR) is 106 cm³/mol. The molecule has 0 aliphatic rings. The zero-order valence-corrected chi connectivity index (χ0v) is 16.5. The van der Waals surface area contributed by atoms with Gasteiger partial charge in [0.15, 0.2) is 0 Å². The molecule has 0 aliphatic carbocycles. The first-order valence-electron chi connectivity index (χ1n) is 8.83. The van der Waals surface area contributed by atoms with Crippen LogP contribution in [-0.4, -0.2) is 25.2 Å². The van der Waals surface area contributed by atoms with E-state index in [1.807, 2.05) is 36.4 Å². The van der Waals surface area contributed by atoms with Crippen LogP contribution in [0.15, 0.2) is 48.5 Å². The van der Waals surface area contributed by atoms with Gasteiger partial charge in [-0.05, 0) is 41.8 Å². The van der Waals surface area contributed by atoms with Crippen molar-refractivity contribution >= 4 is 35.1 Å². The quantitative estimate of drug-likeness (QED) is 0.516. The van der Waals surface area contributed by atoms with Crippen molar-refractivity contribution in [2.45, 2.75) is 32.1 Å². The third-order valence-corrected chi connectivity index (χ3v) is 4.32. The van der Waals surface area contributed by atoms with Crippen LogP contribution in [0.5, 0.6) is 0 Å². The van der Waals surface area contributed by atoms with Gasteiger partial charge in [-0.15, -0.1) is 0 Å². The standard InChI is InChI=1S/C21H22Cl2O4/c22-18-6-1-4-16(14-18)10-12-26-20(24)8-3-9-21(25)27-13-11-17-5-2-7-19(23)15-17/h1-2,4-7,14-15H,3,8-13H2. The molecule has 4 nitrogen and oxygen atoms in total. The van der Waals surface area contributed by atoms with E-state index < -0.39 is 0 Å². The van der Waals surface area contributed by atoms with E-state index in [-0.39, 0.29) is 24.8 Å². The summed E-state index contributed by atoms with van der Waals surface area (Å²) in [6.07, 6.45) is 2.01. The summed E-state index contributed by atoms with van der Waals surface area (Å²) in [4.78, 5) is 23.4. The lowest BCUT2D eigenvalue weighted by molar-refractivity contribution is -0.145. The Bertz CT molecular complexity index is 698. The Morgan fingerprint density at radius 2 is 1.19 bits per heavy atom. The topological polar surface area (TPSA) is 52.6 Å². The third-order valence-electron chi connectivity index (χ3n) is 3.85. The van der Waals surface area contributed by atoms with Crippen molar-refractivity contribution in [3.8, 4) is 0 Å². The van der Waals surface area contributed by atoms with E-state index in [9.17, 15) is 9.59 Å². The summed E-state index contributed by atoms with van der Waals surface area (Å²) in [5.74, 6) is -0.632.